The van der Waals surface area contributed by atoms with E-state index in [0.717, 1.165) is 18.2 Å². The molecule has 0 amide bonds. The van der Waals surface area contributed by atoms with Gasteiger partial charge in [-0.25, -0.2) is 4.79 Å². The summed E-state index contributed by atoms with van der Waals surface area (Å²) >= 11 is 0. The van der Waals surface area contributed by atoms with E-state index >= 15 is 0 Å². The van der Waals surface area contributed by atoms with Crippen LogP contribution in [0.25, 0.3) is 0 Å². The minimum atomic E-state index is -0.839. The van der Waals surface area contributed by atoms with Crippen molar-refractivity contribution >= 4 is 12.3 Å². The molecule has 102 valence electrons. The topological polar surface area (TPSA) is 104 Å². The number of carbonyl (C=O) groups excluding carboxylic acids is 2. The Morgan fingerprint density at radius 2 is 1.75 bits per heavy atom. The molecule has 3 N–H and O–H groups in total. The molecule has 2 rings (SSSR count). The molecule has 0 radical (unpaired) electrons. The first-order chi connectivity index (χ1) is 9.51. The summed E-state index contributed by atoms with van der Waals surface area (Å²) in [7, 11) is 0. The SMILES string of the molecule is O=Cc1ccc(O)cc1OC(=O)c1ccc(O)c(O)c1. The Hall–Kier alpha value is -3.02. The summed E-state index contributed by atoms with van der Waals surface area (Å²) in [6.07, 6.45) is 0.482. The van der Waals surface area contributed by atoms with Crippen LogP contribution in [0.5, 0.6) is 23.0 Å². The Bertz CT molecular complexity index is 677. The lowest BCUT2D eigenvalue weighted by atomic mass is 10.2. The van der Waals surface area contributed by atoms with Crippen LogP contribution in [-0.2, 0) is 0 Å². The zero-order valence-corrected chi connectivity index (χ0v) is 10.1. The van der Waals surface area contributed by atoms with Crippen LogP contribution >= 0.6 is 0 Å². The molecule has 0 aromatic heterocycles. The number of aldehydes is 1. The number of esters is 1. The quantitative estimate of drug-likeness (QED) is 0.341. The molecule has 2 aromatic carbocycles. The maximum atomic E-state index is 11.8. The highest BCUT2D eigenvalue weighted by molar-refractivity contribution is 5.93. The second kappa shape index (κ2) is 5.31. The number of ether oxygens (including phenoxy) is 1. The molecule has 0 unspecified atom stereocenters. The number of phenolic OH excluding ortho intramolecular Hbond substituents is 3. The van der Waals surface area contributed by atoms with Gasteiger partial charge in [0, 0.05) is 6.07 Å². The molecule has 0 saturated heterocycles. The molecule has 0 aliphatic carbocycles. The Labute approximate surface area is 113 Å². The molecule has 0 aliphatic heterocycles. The van der Waals surface area contributed by atoms with E-state index in [1.807, 2.05) is 0 Å². The van der Waals surface area contributed by atoms with Gasteiger partial charge in [-0.1, -0.05) is 0 Å². The van der Waals surface area contributed by atoms with Crippen LogP contribution in [0.15, 0.2) is 36.4 Å². The van der Waals surface area contributed by atoms with Crippen LogP contribution < -0.4 is 4.74 Å². The highest BCUT2D eigenvalue weighted by Crippen LogP contribution is 2.27. The normalized spacial score (nSPS) is 10.0. The molecule has 0 heterocycles. The van der Waals surface area contributed by atoms with Gasteiger partial charge in [-0.05, 0) is 30.3 Å². The third-order valence-corrected chi connectivity index (χ3v) is 2.54. The van der Waals surface area contributed by atoms with Crippen LogP contribution in [0, 0.1) is 0 Å². The van der Waals surface area contributed by atoms with E-state index in [2.05, 4.69) is 0 Å². The van der Waals surface area contributed by atoms with E-state index in [1.165, 1.54) is 18.2 Å². The molecule has 0 atom stereocenters. The van der Waals surface area contributed by atoms with Crippen molar-refractivity contribution in [1.82, 2.24) is 0 Å². The third-order valence-electron chi connectivity index (χ3n) is 2.54. The lowest BCUT2D eigenvalue weighted by molar-refractivity contribution is 0.0733. The van der Waals surface area contributed by atoms with Crippen molar-refractivity contribution in [3.8, 4) is 23.0 Å². The third kappa shape index (κ3) is 2.69. The average molecular weight is 274 g/mol. The first-order valence-electron chi connectivity index (χ1n) is 5.53. The van der Waals surface area contributed by atoms with Crippen molar-refractivity contribution in [1.29, 1.82) is 0 Å². The van der Waals surface area contributed by atoms with Gasteiger partial charge >= 0.3 is 5.97 Å². The number of phenols is 3. The molecule has 0 spiro atoms. The van der Waals surface area contributed by atoms with Crippen LogP contribution in [-0.4, -0.2) is 27.6 Å². The first-order valence-corrected chi connectivity index (χ1v) is 5.53. The second-order valence-corrected chi connectivity index (χ2v) is 3.93. The molecular weight excluding hydrogens is 264 g/mol. The zero-order valence-electron chi connectivity index (χ0n) is 10.1. The zero-order chi connectivity index (χ0) is 14.7. The maximum Gasteiger partial charge on any atom is 0.343 e. The first kappa shape index (κ1) is 13.4. The molecule has 0 fully saturated rings. The van der Waals surface area contributed by atoms with Crippen LogP contribution in [0.2, 0.25) is 0 Å². The largest absolute Gasteiger partial charge is 0.508 e. The number of aromatic hydroxyl groups is 3. The molecule has 2 aromatic rings. The Morgan fingerprint density at radius 3 is 2.40 bits per heavy atom. The summed E-state index contributed by atoms with van der Waals surface area (Å²) in [5, 5.41) is 27.8. The number of carbonyl (C=O) groups is 2. The Balaban J connectivity index is 2.29. The average Bonchev–Trinajstić information content (AvgIpc) is 2.42. The van der Waals surface area contributed by atoms with Gasteiger partial charge in [-0.3, -0.25) is 4.79 Å². The molecule has 20 heavy (non-hydrogen) atoms. The van der Waals surface area contributed by atoms with Gasteiger partial charge < -0.3 is 20.1 Å². The van der Waals surface area contributed by atoms with E-state index in [-0.39, 0.29) is 28.4 Å². The molecule has 0 saturated carbocycles. The van der Waals surface area contributed by atoms with E-state index in [9.17, 15) is 19.8 Å². The van der Waals surface area contributed by atoms with Gasteiger partial charge in [0.15, 0.2) is 17.8 Å². The summed E-state index contributed by atoms with van der Waals surface area (Å²) in [6, 6.07) is 7.13. The van der Waals surface area contributed by atoms with E-state index in [4.69, 9.17) is 9.84 Å². The molecular formula is C14H10O6. The minimum Gasteiger partial charge on any atom is -0.508 e. The summed E-state index contributed by atoms with van der Waals surface area (Å²) in [4.78, 5) is 22.7. The van der Waals surface area contributed by atoms with Gasteiger partial charge in [0.2, 0.25) is 0 Å². The van der Waals surface area contributed by atoms with Gasteiger partial charge in [0.1, 0.15) is 11.5 Å². The van der Waals surface area contributed by atoms with Gasteiger partial charge in [-0.2, -0.15) is 0 Å². The predicted molar refractivity (Wildman–Crippen MR) is 68.2 cm³/mol. The highest BCUT2D eigenvalue weighted by atomic mass is 16.5. The van der Waals surface area contributed by atoms with Crippen molar-refractivity contribution in [2.24, 2.45) is 0 Å². The van der Waals surface area contributed by atoms with Gasteiger partial charge in [-0.15, -0.1) is 0 Å². The Kier molecular flexibility index (Phi) is 3.56. The van der Waals surface area contributed by atoms with Crippen molar-refractivity contribution < 1.29 is 29.6 Å². The summed E-state index contributed by atoms with van der Waals surface area (Å²) in [5.41, 5.74) is 0.0830. The van der Waals surface area contributed by atoms with Gasteiger partial charge in [0.25, 0.3) is 0 Å². The number of hydrogen-bond acceptors (Lipinski definition) is 6. The number of hydrogen-bond donors (Lipinski definition) is 3. The number of rotatable bonds is 3. The molecule has 0 bridgehead atoms. The fourth-order valence-electron chi connectivity index (χ4n) is 1.52. The fourth-order valence-corrected chi connectivity index (χ4v) is 1.52. The molecule has 6 heteroatoms. The van der Waals surface area contributed by atoms with Crippen molar-refractivity contribution in [3.05, 3.63) is 47.5 Å². The second-order valence-electron chi connectivity index (χ2n) is 3.93. The summed E-state index contributed by atoms with van der Waals surface area (Å²) in [6.45, 7) is 0. The van der Waals surface area contributed by atoms with Crippen LogP contribution in [0.1, 0.15) is 20.7 Å². The van der Waals surface area contributed by atoms with Gasteiger partial charge in [0.05, 0.1) is 11.1 Å². The summed E-state index contributed by atoms with van der Waals surface area (Å²) in [5.74, 6) is -1.93. The highest BCUT2D eigenvalue weighted by Gasteiger charge is 2.14. The summed E-state index contributed by atoms with van der Waals surface area (Å²) < 4.78 is 4.98. The molecule has 0 aliphatic rings. The number of benzene rings is 2. The smallest absolute Gasteiger partial charge is 0.343 e. The van der Waals surface area contributed by atoms with E-state index in [1.54, 1.807) is 0 Å². The van der Waals surface area contributed by atoms with Crippen LogP contribution in [0.4, 0.5) is 0 Å². The van der Waals surface area contributed by atoms with Crippen LogP contribution in [0.3, 0.4) is 0 Å². The standard InChI is InChI=1S/C14H10O6/c15-7-9-1-3-10(16)6-13(9)20-14(19)8-2-4-11(17)12(18)5-8/h1-7,16-18H. The van der Waals surface area contributed by atoms with Crippen molar-refractivity contribution in [3.63, 3.8) is 0 Å². The lowest BCUT2D eigenvalue weighted by Gasteiger charge is -2.07. The fraction of sp³-hybridized carbons (Fsp3) is 0. The Morgan fingerprint density at radius 1 is 1.00 bits per heavy atom. The minimum absolute atomic E-state index is 0.0134. The maximum absolute atomic E-state index is 11.8. The lowest BCUT2D eigenvalue weighted by Crippen LogP contribution is -2.09. The predicted octanol–water partition coefficient (Wildman–Crippen LogP) is 1.84. The van der Waals surface area contributed by atoms with E-state index in [0.29, 0.717) is 6.29 Å². The molecule has 6 nitrogen and oxygen atoms in total. The monoisotopic (exact) mass is 274 g/mol. The van der Waals surface area contributed by atoms with Crippen molar-refractivity contribution in [2.45, 2.75) is 0 Å². The van der Waals surface area contributed by atoms with Crippen molar-refractivity contribution in [2.75, 3.05) is 0 Å². The van der Waals surface area contributed by atoms with E-state index < -0.39 is 11.7 Å².